The highest BCUT2D eigenvalue weighted by molar-refractivity contribution is 8.15. The van der Waals surface area contributed by atoms with Crippen LogP contribution in [0.15, 0.2) is 41.4 Å². The molecule has 1 aliphatic rings. The van der Waals surface area contributed by atoms with E-state index in [1.807, 2.05) is 47.6 Å². The van der Waals surface area contributed by atoms with E-state index in [0.717, 1.165) is 45.4 Å². The number of benzene rings is 2. The van der Waals surface area contributed by atoms with Gasteiger partial charge in [-0.2, -0.15) is 0 Å². The topological polar surface area (TPSA) is 32.7 Å². The average molecular weight is 407 g/mol. The first-order chi connectivity index (χ1) is 12.5. The third kappa shape index (κ3) is 4.38. The molecule has 2 aromatic rings. The van der Waals surface area contributed by atoms with Gasteiger partial charge in [-0.3, -0.25) is 9.69 Å². The van der Waals surface area contributed by atoms with Crippen LogP contribution in [0.5, 0.6) is 0 Å². The van der Waals surface area contributed by atoms with Gasteiger partial charge in [0, 0.05) is 28.1 Å². The van der Waals surface area contributed by atoms with Gasteiger partial charge in [0.1, 0.15) is 0 Å². The molecule has 0 spiro atoms. The molecule has 1 heterocycles. The highest BCUT2D eigenvalue weighted by Crippen LogP contribution is 2.35. The molecule has 1 amide bonds. The Morgan fingerprint density at radius 1 is 1.31 bits per heavy atom. The molecule has 0 N–H and O–H groups in total. The third-order valence-electron chi connectivity index (χ3n) is 4.38. The van der Waals surface area contributed by atoms with Crippen LogP contribution < -0.4 is 0 Å². The quantitative estimate of drug-likeness (QED) is 0.570. The Bertz CT molecular complexity index is 838. The highest BCUT2D eigenvalue weighted by Gasteiger charge is 2.29. The highest BCUT2D eigenvalue weighted by atomic mass is 35.5. The van der Waals surface area contributed by atoms with Crippen molar-refractivity contribution < 1.29 is 4.79 Å². The van der Waals surface area contributed by atoms with Crippen molar-refractivity contribution in [3.63, 3.8) is 0 Å². The second-order valence-corrected chi connectivity index (χ2v) is 9.05. The molecular weight excluding hydrogens is 384 g/mol. The number of amidine groups is 1. The number of thioether (sulfide) groups is 2. The Kier molecular flexibility index (Phi) is 6.54. The molecule has 0 saturated carbocycles. The monoisotopic (exact) mass is 406 g/mol. The molecule has 1 aliphatic heterocycles. The lowest BCUT2D eigenvalue weighted by molar-refractivity contribution is 0.237. The van der Waals surface area contributed by atoms with Gasteiger partial charge >= 0.3 is 0 Å². The average Bonchev–Trinajstić information content (AvgIpc) is 2.64. The summed E-state index contributed by atoms with van der Waals surface area (Å²) in [7, 11) is 0. The Morgan fingerprint density at radius 2 is 2.04 bits per heavy atom. The van der Waals surface area contributed by atoms with Crippen molar-refractivity contribution in [2.45, 2.75) is 20.3 Å². The van der Waals surface area contributed by atoms with Crippen molar-refractivity contribution in [3.8, 4) is 0 Å². The number of fused-ring (bicyclic) bond motifs is 1. The summed E-state index contributed by atoms with van der Waals surface area (Å²) in [5.74, 6) is 2.14. The summed E-state index contributed by atoms with van der Waals surface area (Å²) in [5.41, 5.74) is 0.855. The number of carbonyl (C=O) groups is 1. The normalized spacial score (nSPS) is 19.5. The molecule has 1 atom stereocenters. The van der Waals surface area contributed by atoms with E-state index >= 15 is 0 Å². The van der Waals surface area contributed by atoms with Gasteiger partial charge in [0.15, 0.2) is 5.17 Å². The van der Waals surface area contributed by atoms with Crippen LogP contribution in [0.1, 0.15) is 20.3 Å². The maximum absolute atomic E-state index is 12.5. The molecule has 2 aromatic carbocycles. The summed E-state index contributed by atoms with van der Waals surface area (Å²) in [4.78, 5) is 19.2. The van der Waals surface area contributed by atoms with Crippen LogP contribution in [0.3, 0.4) is 0 Å². The molecule has 0 aliphatic carbocycles. The Labute approximate surface area is 168 Å². The molecule has 0 aromatic heterocycles. The molecule has 3 rings (SSSR count). The van der Waals surface area contributed by atoms with E-state index < -0.39 is 0 Å². The maximum Gasteiger partial charge on any atom is 0.287 e. The number of amides is 1. The van der Waals surface area contributed by atoms with Crippen molar-refractivity contribution in [1.29, 1.82) is 0 Å². The number of nitrogens with zero attached hydrogens (tertiary/aromatic N) is 2. The lowest BCUT2D eigenvalue weighted by Gasteiger charge is -2.33. The van der Waals surface area contributed by atoms with Crippen molar-refractivity contribution in [2.75, 3.05) is 18.6 Å². The molecule has 1 fully saturated rings. The van der Waals surface area contributed by atoms with Gasteiger partial charge < -0.3 is 0 Å². The van der Waals surface area contributed by atoms with Gasteiger partial charge in [-0.15, -0.1) is 0 Å². The van der Waals surface area contributed by atoms with Crippen LogP contribution in [0.4, 0.5) is 10.5 Å². The third-order valence-corrected chi connectivity index (χ3v) is 6.49. The van der Waals surface area contributed by atoms with E-state index in [0.29, 0.717) is 11.8 Å². The van der Waals surface area contributed by atoms with Gasteiger partial charge in [-0.05, 0) is 36.6 Å². The Morgan fingerprint density at radius 3 is 2.73 bits per heavy atom. The molecule has 0 bridgehead atoms. The van der Waals surface area contributed by atoms with E-state index in [1.54, 1.807) is 11.8 Å². The van der Waals surface area contributed by atoms with E-state index in [9.17, 15) is 4.79 Å². The Hall–Kier alpha value is -1.17. The van der Waals surface area contributed by atoms with Crippen molar-refractivity contribution in [2.24, 2.45) is 16.8 Å². The van der Waals surface area contributed by atoms with Crippen LogP contribution in [0, 0.1) is 11.8 Å². The number of hydrogen-bond acceptors (Lipinski definition) is 4. The first kappa shape index (κ1) is 19.6. The summed E-state index contributed by atoms with van der Waals surface area (Å²) in [6.45, 7) is 5.21. The zero-order valence-electron chi connectivity index (χ0n) is 15.2. The molecule has 138 valence electrons. The van der Waals surface area contributed by atoms with Crippen LogP contribution in [-0.4, -0.2) is 33.9 Å². The predicted molar refractivity (Wildman–Crippen MR) is 117 cm³/mol. The summed E-state index contributed by atoms with van der Waals surface area (Å²) in [6.07, 6.45) is 2.96. The number of aliphatic imine (C=N–C) groups is 1. The fourth-order valence-corrected chi connectivity index (χ4v) is 5.04. The summed E-state index contributed by atoms with van der Waals surface area (Å²) < 4.78 is 0. The van der Waals surface area contributed by atoms with E-state index in [2.05, 4.69) is 13.8 Å². The lowest BCUT2D eigenvalue weighted by Crippen LogP contribution is -2.41. The maximum atomic E-state index is 12.5. The van der Waals surface area contributed by atoms with E-state index in [4.69, 9.17) is 16.6 Å². The fourth-order valence-electron chi connectivity index (χ4n) is 3.27. The van der Waals surface area contributed by atoms with Crippen LogP contribution in [-0.2, 0) is 0 Å². The number of halogens is 1. The smallest absolute Gasteiger partial charge is 0.282 e. The van der Waals surface area contributed by atoms with Crippen LogP contribution >= 0.6 is 35.1 Å². The molecule has 3 nitrogen and oxygen atoms in total. The van der Waals surface area contributed by atoms with Gasteiger partial charge in [0.05, 0.1) is 5.69 Å². The number of carbonyl (C=O) groups excluding carboxylic acids is 1. The summed E-state index contributed by atoms with van der Waals surface area (Å²) in [6, 6.07) is 11.8. The summed E-state index contributed by atoms with van der Waals surface area (Å²) in [5, 5.41) is 3.56. The minimum atomic E-state index is 0.0583. The number of rotatable bonds is 3. The minimum absolute atomic E-state index is 0.0583. The largest absolute Gasteiger partial charge is 0.287 e. The first-order valence-corrected chi connectivity index (χ1v) is 11.3. The molecule has 26 heavy (non-hydrogen) atoms. The van der Waals surface area contributed by atoms with Gasteiger partial charge in [0.25, 0.3) is 5.24 Å². The van der Waals surface area contributed by atoms with Gasteiger partial charge in [-0.1, -0.05) is 73.2 Å². The van der Waals surface area contributed by atoms with Crippen molar-refractivity contribution in [1.82, 2.24) is 4.90 Å². The molecule has 0 radical (unpaired) electrons. The summed E-state index contributed by atoms with van der Waals surface area (Å²) >= 11 is 9.25. The standard InChI is InChI=1S/C20H23ClN2OS2/c1-13(2)10-14-11-23(20(24)25-3)19(26-12-14)22-18-9-8-17(21)15-6-4-5-7-16(15)18/h4-9,13-14H,10-12H2,1-3H3. The first-order valence-electron chi connectivity index (χ1n) is 8.73. The van der Waals surface area contributed by atoms with Gasteiger partial charge in [0.2, 0.25) is 0 Å². The Balaban J connectivity index is 1.96. The van der Waals surface area contributed by atoms with Crippen LogP contribution in [0.25, 0.3) is 10.8 Å². The van der Waals surface area contributed by atoms with E-state index in [1.165, 1.54) is 11.8 Å². The SMILES string of the molecule is CSC(=O)N1CC(CC(C)C)CSC1=Nc1ccc(Cl)c2ccccc12. The van der Waals surface area contributed by atoms with Crippen molar-refractivity contribution in [3.05, 3.63) is 41.4 Å². The molecule has 6 heteroatoms. The van der Waals surface area contributed by atoms with Crippen LogP contribution in [0.2, 0.25) is 5.02 Å². The zero-order valence-corrected chi connectivity index (χ0v) is 17.6. The van der Waals surface area contributed by atoms with Gasteiger partial charge in [-0.25, -0.2) is 4.99 Å². The van der Waals surface area contributed by atoms with E-state index in [-0.39, 0.29) is 5.24 Å². The predicted octanol–water partition coefficient (Wildman–Crippen LogP) is 6.67. The number of hydrogen-bond donors (Lipinski definition) is 0. The minimum Gasteiger partial charge on any atom is -0.282 e. The second-order valence-electron chi connectivity index (χ2n) is 6.89. The molecular formula is C20H23ClN2OS2. The second kappa shape index (κ2) is 8.68. The zero-order chi connectivity index (χ0) is 18.7. The fraction of sp³-hybridized carbons (Fsp3) is 0.400. The lowest BCUT2D eigenvalue weighted by atomic mass is 9.98. The molecule has 1 saturated heterocycles. The van der Waals surface area contributed by atoms with Crippen molar-refractivity contribution >= 4 is 62.0 Å². The molecule has 1 unspecified atom stereocenters.